The second-order valence-electron chi connectivity index (χ2n) is 3.84. The number of hydrogen-bond acceptors (Lipinski definition) is 4. The topological polar surface area (TPSA) is 42.1 Å². The third-order valence-corrected chi connectivity index (χ3v) is 3.88. The molecule has 0 radical (unpaired) electrons. The number of nitrogens with two attached hydrogens (primary N) is 1. The summed E-state index contributed by atoms with van der Waals surface area (Å²) in [6.45, 7) is 5.68. The molecule has 78 valence electrons. The van der Waals surface area contributed by atoms with E-state index in [0.29, 0.717) is 5.92 Å². The Morgan fingerprint density at radius 3 is 3.21 bits per heavy atom. The number of nitrogens with zero attached hydrogens (tertiary/aromatic N) is 2. The van der Waals surface area contributed by atoms with Gasteiger partial charge < -0.3 is 10.6 Å². The second kappa shape index (κ2) is 4.38. The first kappa shape index (κ1) is 10.1. The Balaban J connectivity index is 1.97. The van der Waals surface area contributed by atoms with Crippen molar-refractivity contribution in [1.29, 1.82) is 0 Å². The summed E-state index contributed by atoms with van der Waals surface area (Å²) in [5, 5.41) is 3.09. The average Bonchev–Trinajstić information content (AvgIpc) is 2.88. The standard InChI is InChI=1S/C10H17N3S/c1-2-13-5-3-8(7-13)9(11)10-12-4-6-14-10/h4,6,8-9H,2-3,5,7,11H2,1H3/t8-,9?/m1/s1. The van der Waals surface area contributed by atoms with E-state index in [1.54, 1.807) is 11.3 Å². The van der Waals surface area contributed by atoms with Crippen LogP contribution in [0.2, 0.25) is 0 Å². The Bertz CT molecular complexity index is 273. The first-order valence-corrected chi connectivity index (χ1v) is 6.06. The van der Waals surface area contributed by atoms with Crippen LogP contribution in [0.3, 0.4) is 0 Å². The van der Waals surface area contributed by atoms with Gasteiger partial charge in [0.1, 0.15) is 5.01 Å². The highest BCUT2D eigenvalue weighted by Gasteiger charge is 2.28. The molecule has 0 amide bonds. The highest BCUT2D eigenvalue weighted by atomic mass is 32.1. The van der Waals surface area contributed by atoms with E-state index in [1.165, 1.54) is 13.0 Å². The number of rotatable bonds is 3. The minimum atomic E-state index is 0.145. The molecule has 1 unspecified atom stereocenters. The minimum Gasteiger partial charge on any atom is -0.322 e. The Labute approximate surface area is 88.9 Å². The van der Waals surface area contributed by atoms with Crippen LogP contribution in [0.1, 0.15) is 24.4 Å². The lowest BCUT2D eigenvalue weighted by Crippen LogP contribution is -2.25. The van der Waals surface area contributed by atoms with E-state index in [-0.39, 0.29) is 6.04 Å². The van der Waals surface area contributed by atoms with E-state index in [2.05, 4.69) is 16.8 Å². The molecule has 14 heavy (non-hydrogen) atoms. The molecule has 2 N–H and O–H groups in total. The van der Waals surface area contributed by atoms with Crippen molar-refractivity contribution in [1.82, 2.24) is 9.88 Å². The van der Waals surface area contributed by atoms with Crippen molar-refractivity contribution >= 4 is 11.3 Å². The van der Waals surface area contributed by atoms with Gasteiger partial charge in [0.15, 0.2) is 0 Å². The van der Waals surface area contributed by atoms with Crippen molar-refractivity contribution in [2.24, 2.45) is 11.7 Å². The van der Waals surface area contributed by atoms with Crippen LogP contribution in [0.5, 0.6) is 0 Å². The number of aromatic nitrogens is 1. The average molecular weight is 211 g/mol. The van der Waals surface area contributed by atoms with E-state index in [0.717, 1.165) is 18.1 Å². The summed E-state index contributed by atoms with van der Waals surface area (Å²) in [6, 6.07) is 0.145. The maximum absolute atomic E-state index is 6.18. The van der Waals surface area contributed by atoms with Gasteiger partial charge in [-0.3, -0.25) is 0 Å². The zero-order valence-electron chi connectivity index (χ0n) is 8.52. The van der Waals surface area contributed by atoms with Crippen LogP contribution in [0.25, 0.3) is 0 Å². The van der Waals surface area contributed by atoms with E-state index in [1.807, 2.05) is 11.6 Å². The summed E-state index contributed by atoms with van der Waals surface area (Å²) >= 11 is 1.67. The molecule has 1 saturated heterocycles. The summed E-state index contributed by atoms with van der Waals surface area (Å²) in [7, 11) is 0. The lowest BCUT2D eigenvalue weighted by molar-refractivity contribution is 0.329. The fraction of sp³-hybridized carbons (Fsp3) is 0.700. The monoisotopic (exact) mass is 211 g/mol. The van der Waals surface area contributed by atoms with Gasteiger partial charge in [0.25, 0.3) is 0 Å². The molecule has 3 nitrogen and oxygen atoms in total. The van der Waals surface area contributed by atoms with Gasteiger partial charge >= 0.3 is 0 Å². The van der Waals surface area contributed by atoms with Gasteiger partial charge in [-0.1, -0.05) is 6.92 Å². The first-order chi connectivity index (χ1) is 6.81. The van der Waals surface area contributed by atoms with Crippen molar-refractivity contribution in [3.63, 3.8) is 0 Å². The summed E-state index contributed by atoms with van der Waals surface area (Å²) in [4.78, 5) is 6.74. The van der Waals surface area contributed by atoms with Crippen LogP contribution >= 0.6 is 11.3 Å². The van der Waals surface area contributed by atoms with Gasteiger partial charge in [0, 0.05) is 18.1 Å². The molecule has 1 aromatic rings. The molecule has 2 atom stereocenters. The molecule has 0 aromatic carbocycles. The molecule has 1 aliphatic rings. The molecule has 0 saturated carbocycles. The van der Waals surface area contributed by atoms with Crippen LogP contribution in [-0.2, 0) is 0 Å². The third kappa shape index (κ3) is 1.97. The van der Waals surface area contributed by atoms with Gasteiger partial charge in [-0.15, -0.1) is 11.3 Å². The van der Waals surface area contributed by atoms with Crippen LogP contribution in [0.15, 0.2) is 11.6 Å². The fourth-order valence-electron chi connectivity index (χ4n) is 2.04. The zero-order chi connectivity index (χ0) is 9.97. The van der Waals surface area contributed by atoms with Crippen molar-refractivity contribution in [2.45, 2.75) is 19.4 Å². The molecule has 2 rings (SSSR count). The Hall–Kier alpha value is -0.450. The van der Waals surface area contributed by atoms with Crippen molar-refractivity contribution in [2.75, 3.05) is 19.6 Å². The van der Waals surface area contributed by atoms with Crippen LogP contribution in [0, 0.1) is 5.92 Å². The SMILES string of the molecule is CCN1CC[C@@H](C(N)c2nccs2)C1. The normalized spacial score (nSPS) is 25.4. The molecule has 2 heterocycles. The summed E-state index contributed by atoms with van der Waals surface area (Å²) in [5.41, 5.74) is 6.18. The molecule has 1 aromatic heterocycles. The van der Waals surface area contributed by atoms with Crippen LogP contribution in [0.4, 0.5) is 0 Å². The molecular formula is C10H17N3S. The zero-order valence-corrected chi connectivity index (χ0v) is 9.33. The lowest BCUT2D eigenvalue weighted by Gasteiger charge is -2.17. The Morgan fingerprint density at radius 2 is 2.64 bits per heavy atom. The van der Waals surface area contributed by atoms with Crippen LogP contribution in [-0.4, -0.2) is 29.5 Å². The first-order valence-electron chi connectivity index (χ1n) is 5.18. The summed E-state index contributed by atoms with van der Waals surface area (Å²) in [5.74, 6) is 0.598. The smallest absolute Gasteiger partial charge is 0.110 e. The van der Waals surface area contributed by atoms with Crippen LogP contribution < -0.4 is 5.73 Å². The largest absolute Gasteiger partial charge is 0.322 e. The van der Waals surface area contributed by atoms with E-state index in [4.69, 9.17) is 5.73 Å². The van der Waals surface area contributed by atoms with Crippen molar-refractivity contribution < 1.29 is 0 Å². The fourth-order valence-corrected chi connectivity index (χ4v) is 2.78. The molecule has 0 aliphatic carbocycles. The molecule has 0 spiro atoms. The quantitative estimate of drug-likeness (QED) is 0.823. The lowest BCUT2D eigenvalue weighted by atomic mass is 10.0. The highest BCUT2D eigenvalue weighted by molar-refractivity contribution is 7.09. The maximum atomic E-state index is 6.18. The molecule has 1 fully saturated rings. The van der Waals surface area contributed by atoms with Gasteiger partial charge in [-0.2, -0.15) is 0 Å². The predicted molar refractivity (Wildman–Crippen MR) is 59.3 cm³/mol. The summed E-state index contributed by atoms with van der Waals surface area (Å²) < 4.78 is 0. The predicted octanol–water partition coefficient (Wildman–Crippen LogP) is 1.48. The van der Waals surface area contributed by atoms with Crippen molar-refractivity contribution in [3.05, 3.63) is 16.6 Å². The molecule has 4 heteroatoms. The number of likely N-dealkylation sites (tertiary alicyclic amines) is 1. The Kier molecular flexibility index (Phi) is 3.15. The minimum absolute atomic E-state index is 0.145. The molecule has 1 aliphatic heterocycles. The number of hydrogen-bond donors (Lipinski definition) is 1. The van der Waals surface area contributed by atoms with Crippen molar-refractivity contribution in [3.8, 4) is 0 Å². The highest BCUT2D eigenvalue weighted by Crippen LogP contribution is 2.28. The van der Waals surface area contributed by atoms with Gasteiger partial charge in [0.2, 0.25) is 0 Å². The van der Waals surface area contributed by atoms with E-state index in [9.17, 15) is 0 Å². The molecule has 0 bridgehead atoms. The van der Waals surface area contributed by atoms with E-state index >= 15 is 0 Å². The third-order valence-electron chi connectivity index (χ3n) is 3.00. The molecular weight excluding hydrogens is 194 g/mol. The van der Waals surface area contributed by atoms with Gasteiger partial charge in [-0.05, 0) is 25.4 Å². The maximum Gasteiger partial charge on any atom is 0.110 e. The van der Waals surface area contributed by atoms with Gasteiger partial charge in [-0.25, -0.2) is 4.98 Å². The Morgan fingerprint density at radius 1 is 1.79 bits per heavy atom. The van der Waals surface area contributed by atoms with E-state index < -0.39 is 0 Å². The number of thiazole rings is 1. The summed E-state index contributed by atoms with van der Waals surface area (Å²) in [6.07, 6.45) is 3.06. The second-order valence-corrected chi connectivity index (χ2v) is 4.76. The van der Waals surface area contributed by atoms with Gasteiger partial charge in [0.05, 0.1) is 6.04 Å².